The molecule has 2 aliphatic heterocycles. The van der Waals surface area contributed by atoms with Crippen molar-refractivity contribution in [1.29, 1.82) is 0 Å². The number of likely N-dealkylation sites (tertiary alicyclic amines) is 1. The highest BCUT2D eigenvalue weighted by Crippen LogP contribution is 2.45. The largest absolute Gasteiger partial charge is 0.316 e. The van der Waals surface area contributed by atoms with Gasteiger partial charge in [-0.05, 0) is 36.6 Å². The van der Waals surface area contributed by atoms with E-state index in [4.69, 9.17) is 0 Å². The first-order valence-electron chi connectivity index (χ1n) is 5.68. The number of piperidine rings is 1. The molecule has 74 valence electrons. The highest BCUT2D eigenvalue weighted by molar-refractivity contribution is 4.99. The first-order valence-corrected chi connectivity index (χ1v) is 5.68. The molecule has 0 spiro atoms. The Hall–Kier alpha value is -0.0800. The number of nitrogens with one attached hydrogen (secondary N) is 1. The molecule has 0 aromatic carbocycles. The van der Waals surface area contributed by atoms with Gasteiger partial charge in [0.15, 0.2) is 0 Å². The number of rotatable bonds is 2. The summed E-state index contributed by atoms with van der Waals surface area (Å²) in [4.78, 5) is 2.70. The Morgan fingerprint density at radius 2 is 2.15 bits per heavy atom. The molecule has 0 bridgehead atoms. The van der Waals surface area contributed by atoms with E-state index in [1.807, 2.05) is 0 Å². The summed E-state index contributed by atoms with van der Waals surface area (Å²) in [6.07, 6.45) is 2.91. The molecule has 0 amide bonds. The quantitative estimate of drug-likeness (QED) is 0.680. The predicted octanol–water partition coefficient (Wildman–Crippen LogP) is 0.938. The van der Waals surface area contributed by atoms with E-state index in [1.165, 1.54) is 45.6 Å². The summed E-state index contributed by atoms with van der Waals surface area (Å²) in [6, 6.07) is 0. The van der Waals surface area contributed by atoms with Crippen LogP contribution in [0.5, 0.6) is 0 Å². The number of nitrogens with zero attached hydrogens (tertiary/aromatic N) is 1. The lowest BCUT2D eigenvalue weighted by Crippen LogP contribution is -2.37. The Morgan fingerprint density at radius 3 is 2.77 bits per heavy atom. The fourth-order valence-corrected chi connectivity index (χ4v) is 3.17. The van der Waals surface area contributed by atoms with Crippen LogP contribution in [0.15, 0.2) is 0 Å². The molecular weight excluding hydrogens is 160 g/mol. The van der Waals surface area contributed by atoms with E-state index in [-0.39, 0.29) is 0 Å². The van der Waals surface area contributed by atoms with Crippen LogP contribution in [0, 0.1) is 17.3 Å². The van der Waals surface area contributed by atoms with Crippen molar-refractivity contribution in [3.63, 3.8) is 0 Å². The minimum Gasteiger partial charge on any atom is -0.316 e. The Kier molecular flexibility index (Phi) is 1.72. The van der Waals surface area contributed by atoms with Gasteiger partial charge in [0.05, 0.1) is 0 Å². The van der Waals surface area contributed by atoms with Gasteiger partial charge in [-0.3, -0.25) is 0 Å². The Morgan fingerprint density at radius 1 is 1.38 bits per heavy atom. The van der Waals surface area contributed by atoms with E-state index in [1.54, 1.807) is 0 Å². The van der Waals surface area contributed by atoms with Crippen molar-refractivity contribution >= 4 is 0 Å². The van der Waals surface area contributed by atoms with Gasteiger partial charge in [0.25, 0.3) is 0 Å². The summed E-state index contributed by atoms with van der Waals surface area (Å²) in [5, 5.41) is 3.48. The highest BCUT2D eigenvalue weighted by atomic mass is 15.2. The van der Waals surface area contributed by atoms with E-state index in [2.05, 4.69) is 17.1 Å². The van der Waals surface area contributed by atoms with Crippen molar-refractivity contribution in [1.82, 2.24) is 10.2 Å². The fraction of sp³-hybridized carbons (Fsp3) is 1.00. The summed E-state index contributed by atoms with van der Waals surface area (Å²) < 4.78 is 0. The zero-order valence-electron chi connectivity index (χ0n) is 8.55. The highest BCUT2D eigenvalue weighted by Gasteiger charge is 2.46. The van der Waals surface area contributed by atoms with Gasteiger partial charge in [-0.2, -0.15) is 0 Å². The van der Waals surface area contributed by atoms with Gasteiger partial charge in [-0.15, -0.1) is 0 Å². The van der Waals surface area contributed by atoms with E-state index >= 15 is 0 Å². The molecule has 13 heavy (non-hydrogen) atoms. The third-order valence-corrected chi connectivity index (χ3v) is 4.12. The molecule has 1 N–H and O–H groups in total. The molecule has 0 aromatic heterocycles. The van der Waals surface area contributed by atoms with Gasteiger partial charge in [-0.1, -0.05) is 6.92 Å². The van der Waals surface area contributed by atoms with Crippen LogP contribution in [0.4, 0.5) is 0 Å². The van der Waals surface area contributed by atoms with Crippen LogP contribution >= 0.6 is 0 Å². The number of fused-ring (bicyclic) bond motifs is 1. The summed E-state index contributed by atoms with van der Waals surface area (Å²) in [5.74, 6) is 2.19. The van der Waals surface area contributed by atoms with Gasteiger partial charge in [-0.25, -0.2) is 0 Å². The summed E-state index contributed by atoms with van der Waals surface area (Å²) in [6.45, 7) is 9.06. The second-order valence-electron chi connectivity index (χ2n) is 5.69. The molecule has 3 aliphatic rings. The van der Waals surface area contributed by atoms with Gasteiger partial charge in [0, 0.05) is 26.2 Å². The molecule has 1 saturated carbocycles. The molecule has 2 heteroatoms. The average Bonchev–Trinajstić information content (AvgIpc) is 2.54. The normalized spacial score (nSPS) is 49.6. The second kappa shape index (κ2) is 2.71. The molecule has 0 radical (unpaired) electrons. The standard InChI is InChI=1S/C11H20N2/c1-11(2-3-12-7-11)8-13-5-9-4-10(9)6-13/h9-10,12H,2-8H2,1H3. The summed E-state index contributed by atoms with van der Waals surface area (Å²) in [7, 11) is 0. The Balaban J connectivity index is 1.56. The zero-order chi connectivity index (χ0) is 8.89. The Labute approximate surface area is 80.7 Å². The van der Waals surface area contributed by atoms with Crippen LogP contribution in [0.2, 0.25) is 0 Å². The van der Waals surface area contributed by atoms with E-state index in [0.29, 0.717) is 5.41 Å². The van der Waals surface area contributed by atoms with Crippen LogP contribution in [0.25, 0.3) is 0 Å². The molecule has 3 rings (SSSR count). The average molecular weight is 180 g/mol. The number of hydrogen-bond donors (Lipinski definition) is 1. The maximum Gasteiger partial charge on any atom is 0.00482 e. The van der Waals surface area contributed by atoms with Crippen LogP contribution in [0.3, 0.4) is 0 Å². The van der Waals surface area contributed by atoms with Crippen LogP contribution in [0.1, 0.15) is 19.8 Å². The van der Waals surface area contributed by atoms with Crippen molar-refractivity contribution in [2.24, 2.45) is 17.3 Å². The molecular formula is C11H20N2. The first-order chi connectivity index (χ1) is 6.25. The lowest BCUT2D eigenvalue weighted by atomic mass is 9.89. The third kappa shape index (κ3) is 1.50. The Bertz CT molecular complexity index is 198. The van der Waals surface area contributed by atoms with Crippen molar-refractivity contribution in [2.45, 2.75) is 19.8 Å². The van der Waals surface area contributed by atoms with E-state index in [0.717, 1.165) is 11.8 Å². The topological polar surface area (TPSA) is 15.3 Å². The van der Waals surface area contributed by atoms with Gasteiger partial charge >= 0.3 is 0 Å². The van der Waals surface area contributed by atoms with Crippen molar-refractivity contribution < 1.29 is 0 Å². The minimum absolute atomic E-state index is 0.580. The fourth-order valence-electron chi connectivity index (χ4n) is 3.17. The molecule has 3 unspecified atom stereocenters. The molecule has 2 heterocycles. The van der Waals surface area contributed by atoms with Gasteiger partial charge in [0.1, 0.15) is 0 Å². The van der Waals surface area contributed by atoms with Crippen molar-refractivity contribution in [3.8, 4) is 0 Å². The zero-order valence-corrected chi connectivity index (χ0v) is 8.55. The molecule has 2 saturated heterocycles. The molecule has 0 aromatic rings. The predicted molar refractivity (Wildman–Crippen MR) is 53.6 cm³/mol. The molecule has 1 aliphatic carbocycles. The monoisotopic (exact) mass is 180 g/mol. The number of hydrogen-bond acceptors (Lipinski definition) is 2. The molecule has 3 fully saturated rings. The van der Waals surface area contributed by atoms with E-state index < -0.39 is 0 Å². The van der Waals surface area contributed by atoms with Crippen molar-refractivity contribution in [2.75, 3.05) is 32.7 Å². The lowest BCUT2D eigenvalue weighted by Gasteiger charge is -2.29. The van der Waals surface area contributed by atoms with E-state index in [9.17, 15) is 0 Å². The first kappa shape index (κ1) is 8.25. The summed E-state index contributed by atoms with van der Waals surface area (Å²) >= 11 is 0. The van der Waals surface area contributed by atoms with Crippen LogP contribution < -0.4 is 5.32 Å². The molecule has 3 atom stereocenters. The van der Waals surface area contributed by atoms with Crippen LogP contribution in [-0.2, 0) is 0 Å². The van der Waals surface area contributed by atoms with Gasteiger partial charge in [0.2, 0.25) is 0 Å². The molecule has 2 nitrogen and oxygen atoms in total. The second-order valence-corrected chi connectivity index (χ2v) is 5.69. The third-order valence-electron chi connectivity index (χ3n) is 4.12. The maximum absolute atomic E-state index is 3.48. The summed E-state index contributed by atoms with van der Waals surface area (Å²) in [5.41, 5.74) is 0.580. The smallest absolute Gasteiger partial charge is 0.00482 e. The maximum atomic E-state index is 3.48. The van der Waals surface area contributed by atoms with Gasteiger partial charge < -0.3 is 10.2 Å². The van der Waals surface area contributed by atoms with Crippen molar-refractivity contribution in [3.05, 3.63) is 0 Å². The minimum atomic E-state index is 0.580. The van der Waals surface area contributed by atoms with Crippen LogP contribution in [-0.4, -0.2) is 37.6 Å². The lowest BCUT2D eigenvalue weighted by molar-refractivity contribution is 0.194. The SMILES string of the molecule is CC1(CN2CC3CC3C2)CCNC1.